The quantitative estimate of drug-likeness (QED) is 0.844. The van der Waals surface area contributed by atoms with E-state index in [-0.39, 0.29) is 0 Å². The van der Waals surface area contributed by atoms with Gasteiger partial charge in [0.1, 0.15) is 6.07 Å². The number of anilines is 2. The number of nitrogens with zero attached hydrogens (tertiary/aromatic N) is 3. The Hall–Kier alpha value is -1.76. The first-order valence-corrected chi connectivity index (χ1v) is 6.02. The van der Waals surface area contributed by atoms with Gasteiger partial charge in [0, 0.05) is 19.3 Å². The molecule has 0 aromatic carbocycles. The normalized spacial score (nSPS) is 19.6. The lowest BCUT2D eigenvalue weighted by atomic mass is 9.95. The fourth-order valence-corrected chi connectivity index (χ4v) is 2.32. The third-order valence-electron chi connectivity index (χ3n) is 3.49. The van der Waals surface area contributed by atoms with Crippen molar-refractivity contribution in [2.45, 2.75) is 20.3 Å². The van der Waals surface area contributed by atoms with Crippen molar-refractivity contribution >= 4 is 11.5 Å². The minimum atomic E-state index is 0.519. The zero-order chi connectivity index (χ0) is 12.4. The van der Waals surface area contributed by atoms with Crippen molar-refractivity contribution in [1.29, 1.82) is 5.26 Å². The molecule has 1 atom stereocenters. The van der Waals surface area contributed by atoms with Gasteiger partial charge in [-0.25, -0.2) is 4.98 Å². The Kier molecular flexibility index (Phi) is 3.19. The summed E-state index contributed by atoms with van der Waals surface area (Å²) < 4.78 is 0. The van der Waals surface area contributed by atoms with E-state index in [9.17, 15) is 0 Å². The maximum Gasteiger partial charge on any atom is 0.151 e. The molecule has 1 fully saturated rings. The fourth-order valence-electron chi connectivity index (χ4n) is 2.32. The lowest BCUT2D eigenvalue weighted by molar-refractivity contribution is 0.422. The summed E-state index contributed by atoms with van der Waals surface area (Å²) in [5, 5.41) is 8.77. The maximum absolute atomic E-state index is 8.77. The van der Waals surface area contributed by atoms with E-state index in [2.05, 4.69) is 29.8 Å². The summed E-state index contributed by atoms with van der Waals surface area (Å²) in [6.07, 6.45) is 2.78. The van der Waals surface area contributed by atoms with Crippen LogP contribution in [0.15, 0.2) is 12.3 Å². The van der Waals surface area contributed by atoms with Gasteiger partial charge in [0.25, 0.3) is 0 Å². The van der Waals surface area contributed by atoms with Gasteiger partial charge >= 0.3 is 0 Å². The van der Waals surface area contributed by atoms with Crippen molar-refractivity contribution in [2.75, 3.05) is 23.7 Å². The van der Waals surface area contributed by atoms with E-state index in [1.807, 2.05) is 0 Å². The van der Waals surface area contributed by atoms with E-state index in [1.165, 1.54) is 6.42 Å². The summed E-state index contributed by atoms with van der Waals surface area (Å²) in [5.74, 6) is 2.23. The van der Waals surface area contributed by atoms with Crippen molar-refractivity contribution < 1.29 is 0 Å². The Labute approximate surface area is 102 Å². The van der Waals surface area contributed by atoms with E-state index in [4.69, 9.17) is 11.0 Å². The molecule has 2 heterocycles. The summed E-state index contributed by atoms with van der Waals surface area (Å²) in [7, 11) is 0. The van der Waals surface area contributed by atoms with Crippen molar-refractivity contribution in [3.63, 3.8) is 0 Å². The SMILES string of the molecule is CC(C)C1CCN(c2ncc(C#N)cc2N)C1. The molecule has 0 radical (unpaired) electrons. The highest BCUT2D eigenvalue weighted by Crippen LogP contribution is 2.30. The molecule has 0 aliphatic carbocycles. The molecule has 2 N–H and O–H groups in total. The Morgan fingerprint density at radius 2 is 2.35 bits per heavy atom. The van der Waals surface area contributed by atoms with Crippen molar-refractivity contribution in [1.82, 2.24) is 4.98 Å². The minimum absolute atomic E-state index is 0.519. The topological polar surface area (TPSA) is 65.9 Å². The number of nitriles is 1. The van der Waals surface area contributed by atoms with Gasteiger partial charge in [-0.2, -0.15) is 5.26 Å². The summed E-state index contributed by atoms with van der Waals surface area (Å²) in [6, 6.07) is 3.75. The monoisotopic (exact) mass is 230 g/mol. The molecule has 0 bridgehead atoms. The number of nitrogen functional groups attached to an aromatic ring is 1. The molecule has 1 saturated heterocycles. The van der Waals surface area contributed by atoms with Crippen LogP contribution < -0.4 is 10.6 Å². The van der Waals surface area contributed by atoms with Crippen LogP contribution in [-0.2, 0) is 0 Å². The Bertz CT molecular complexity index is 447. The van der Waals surface area contributed by atoms with Crippen LogP contribution in [0.2, 0.25) is 0 Å². The van der Waals surface area contributed by atoms with Gasteiger partial charge in [-0.1, -0.05) is 13.8 Å². The largest absolute Gasteiger partial charge is 0.396 e. The summed E-state index contributed by atoms with van der Waals surface area (Å²) in [6.45, 7) is 6.53. The van der Waals surface area contributed by atoms with Gasteiger partial charge < -0.3 is 10.6 Å². The van der Waals surface area contributed by atoms with Crippen LogP contribution in [0.5, 0.6) is 0 Å². The summed E-state index contributed by atoms with van der Waals surface area (Å²) >= 11 is 0. The molecule has 0 amide bonds. The van der Waals surface area contributed by atoms with Crippen molar-refractivity contribution in [2.24, 2.45) is 11.8 Å². The second kappa shape index (κ2) is 4.62. The van der Waals surface area contributed by atoms with Crippen LogP contribution in [0.3, 0.4) is 0 Å². The Morgan fingerprint density at radius 3 is 2.88 bits per heavy atom. The zero-order valence-corrected chi connectivity index (χ0v) is 10.3. The van der Waals surface area contributed by atoms with Gasteiger partial charge in [-0.15, -0.1) is 0 Å². The molecule has 1 aromatic heterocycles. The van der Waals surface area contributed by atoms with E-state index >= 15 is 0 Å². The predicted molar refractivity (Wildman–Crippen MR) is 68.5 cm³/mol. The van der Waals surface area contributed by atoms with E-state index in [0.29, 0.717) is 23.1 Å². The van der Waals surface area contributed by atoms with Crippen LogP contribution in [0, 0.1) is 23.2 Å². The minimum Gasteiger partial charge on any atom is -0.396 e. The standard InChI is InChI=1S/C13H18N4/c1-9(2)11-3-4-17(8-11)13-12(15)5-10(6-14)7-16-13/h5,7,9,11H,3-4,8,15H2,1-2H3. The van der Waals surface area contributed by atoms with Crippen LogP contribution >= 0.6 is 0 Å². The van der Waals surface area contributed by atoms with Gasteiger partial charge in [0.2, 0.25) is 0 Å². The first kappa shape index (κ1) is 11.7. The second-order valence-corrected chi connectivity index (χ2v) is 4.99. The molecular weight excluding hydrogens is 212 g/mol. The van der Waals surface area contributed by atoms with Gasteiger partial charge in [-0.3, -0.25) is 0 Å². The molecule has 1 aliphatic rings. The number of aromatic nitrogens is 1. The second-order valence-electron chi connectivity index (χ2n) is 4.99. The third kappa shape index (κ3) is 2.33. The number of nitrogens with two attached hydrogens (primary N) is 1. The Morgan fingerprint density at radius 1 is 1.59 bits per heavy atom. The third-order valence-corrected chi connectivity index (χ3v) is 3.49. The summed E-state index contributed by atoms with van der Waals surface area (Å²) in [4.78, 5) is 6.53. The highest BCUT2D eigenvalue weighted by molar-refractivity contribution is 5.64. The molecule has 4 nitrogen and oxygen atoms in total. The fraction of sp³-hybridized carbons (Fsp3) is 0.538. The van der Waals surface area contributed by atoms with Gasteiger partial charge in [-0.05, 0) is 24.3 Å². The average Bonchev–Trinajstić information content (AvgIpc) is 2.78. The summed E-state index contributed by atoms with van der Waals surface area (Å²) in [5.41, 5.74) is 7.07. The van der Waals surface area contributed by atoms with Crippen LogP contribution in [0.1, 0.15) is 25.8 Å². The molecule has 1 aliphatic heterocycles. The number of hydrogen-bond acceptors (Lipinski definition) is 4. The first-order chi connectivity index (χ1) is 8.11. The number of pyridine rings is 1. The molecule has 17 heavy (non-hydrogen) atoms. The molecule has 1 unspecified atom stereocenters. The molecule has 90 valence electrons. The van der Waals surface area contributed by atoms with Gasteiger partial charge in [0.05, 0.1) is 11.3 Å². The lowest BCUT2D eigenvalue weighted by Gasteiger charge is -2.20. The van der Waals surface area contributed by atoms with E-state index in [0.717, 1.165) is 18.9 Å². The Balaban J connectivity index is 2.17. The molecular formula is C13H18N4. The van der Waals surface area contributed by atoms with E-state index in [1.54, 1.807) is 12.3 Å². The van der Waals surface area contributed by atoms with Crippen LogP contribution in [0.25, 0.3) is 0 Å². The molecule has 0 saturated carbocycles. The lowest BCUT2D eigenvalue weighted by Crippen LogP contribution is -2.23. The van der Waals surface area contributed by atoms with Crippen LogP contribution in [-0.4, -0.2) is 18.1 Å². The maximum atomic E-state index is 8.77. The zero-order valence-electron chi connectivity index (χ0n) is 10.3. The smallest absolute Gasteiger partial charge is 0.151 e. The average molecular weight is 230 g/mol. The molecule has 2 rings (SSSR count). The molecule has 1 aromatic rings. The predicted octanol–water partition coefficient (Wildman–Crippen LogP) is 2.02. The number of hydrogen-bond donors (Lipinski definition) is 1. The highest BCUT2D eigenvalue weighted by Gasteiger charge is 2.26. The van der Waals surface area contributed by atoms with Crippen LogP contribution in [0.4, 0.5) is 11.5 Å². The highest BCUT2D eigenvalue weighted by atomic mass is 15.2. The molecule has 0 spiro atoms. The van der Waals surface area contributed by atoms with Crippen molar-refractivity contribution in [3.05, 3.63) is 17.8 Å². The number of rotatable bonds is 2. The van der Waals surface area contributed by atoms with E-state index < -0.39 is 0 Å². The van der Waals surface area contributed by atoms with Gasteiger partial charge in [0.15, 0.2) is 5.82 Å². The van der Waals surface area contributed by atoms with Crippen molar-refractivity contribution in [3.8, 4) is 6.07 Å². The molecule has 4 heteroatoms. The first-order valence-electron chi connectivity index (χ1n) is 6.02.